The van der Waals surface area contributed by atoms with Crippen LogP contribution in [0.25, 0.3) is 0 Å². The lowest BCUT2D eigenvalue weighted by Crippen LogP contribution is -2.47. The summed E-state index contributed by atoms with van der Waals surface area (Å²) in [6.07, 6.45) is 10.9. The van der Waals surface area contributed by atoms with Gasteiger partial charge in [-0.05, 0) is 46.6 Å². The second-order valence-electron chi connectivity index (χ2n) is 10.1. The zero-order chi connectivity index (χ0) is 16.8. The van der Waals surface area contributed by atoms with Crippen LogP contribution in [0.5, 0.6) is 0 Å². The summed E-state index contributed by atoms with van der Waals surface area (Å²) in [5.74, 6) is 6.11. The first-order chi connectivity index (χ1) is 10.9. The summed E-state index contributed by atoms with van der Waals surface area (Å²) in [7, 11) is -1.20. The standard InChI is InChI=1S/C22H42Si/c1-7-14-23(6,22-17(4)15(2)16(3)18(22)5)21-13-12-19-10-8-9-11-20(19)21/h15-22H,7-14H2,1-6H3. The molecule has 0 heterocycles. The van der Waals surface area contributed by atoms with Crippen LogP contribution in [0.3, 0.4) is 0 Å². The van der Waals surface area contributed by atoms with E-state index in [0.29, 0.717) is 0 Å². The molecule has 1 heteroatoms. The van der Waals surface area contributed by atoms with Crippen molar-refractivity contribution < 1.29 is 0 Å². The molecule has 0 aromatic heterocycles. The molecule has 3 fully saturated rings. The van der Waals surface area contributed by atoms with E-state index in [4.69, 9.17) is 0 Å². The molecule has 0 spiro atoms. The topological polar surface area (TPSA) is 0 Å². The summed E-state index contributed by atoms with van der Waals surface area (Å²) in [6, 6.07) is 1.61. The first-order valence-electron chi connectivity index (χ1n) is 10.9. The Hall–Kier alpha value is 0.217. The maximum atomic E-state index is 2.88. The van der Waals surface area contributed by atoms with Crippen LogP contribution in [-0.4, -0.2) is 8.07 Å². The van der Waals surface area contributed by atoms with Gasteiger partial charge in [0.25, 0.3) is 0 Å². The maximum Gasteiger partial charge on any atom is 0.0575 e. The normalized spacial score (nSPS) is 49.8. The van der Waals surface area contributed by atoms with E-state index in [0.717, 1.165) is 41.0 Å². The van der Waals surface area contributed by atoms with E-state index >= 15 is 0 Å². The molecule has 8 atom stereocenters. The molecule has 0 bridgehead atoms. The molecule has 0 aliphatic heterocycles. The van der Waals surface area contributed by atoms with E-state index in [9.17, 15) is 0 Å². The molecule has 0 saturated heterocycles. The summed E-state index contributed by atoms with van der Waals surface area (Å²) >= 11 is 0. The SMILES string of the molecule is CCC[Si](C)(C1CCC2CCCCC21)C1C(C)C(C)C(C)C1C. The van der Waals surface area contributed by atoms with Crippen molar-refractivity contribution >= 4 is 8.07 Å². The Kier molecular flexibility index (Phi) is 5.37. The Balaban J connectivity index is 1.90. The van der Waals surface area contributed by atoms with Gasteiger partial charge in [-0.15, -0.1) is 0 Å². The average Bonchev–Trinajstić information content (AvgIpc) is 3.05. The molecule has 8 unspecified atom stereocenters. The molecule has 3 rings (SSSR count). The summed E-state index contributed by atoms with van der Waals surface area (Å²) in [6.45, 7) is 15.7. The Bertz CT molecular complexity index is 391. The lowest BCUT2D eigenvalue weighted by molar-refractivity contribution is 0.272. The van der Waals surface area contributed by atoms with E-state index in [2.05, 4.69) is 41.2 Å². The zero-order valence-corrected chi connectivity index (χ0v) is 17.8. The highest BCUT2D eigenvalue weighted by Gasteiger charge is 2.56. The van der Waals surface area contributed by atoms with Crippen molar-refractivity contribution in [1.82, 2.24) is 0 Å². The molecule has 3 aliphatic carbocycles. The first kappa shape index (κ1) is 18.0. The van der Waals surface area contributed by atoms with Gasteiger partial charge in [-0.1, -0.05) is 92.2 Å². The van der Waals surface area contributed by atoms with Crippen LogP contribution in [0.4, 0.5) is 0 Å². The van der Waals surface area contributed by atoms with Crippen molar-refractivity contribution in [2.45, 2.75) is 103 Å². The molecule has 0 aromatic carbocycles. The smallest absolute Gasteiger partial charge is 0.0575 e. The highest BCUT2D eigenvalue weighted by Crippen LogP contribution is 2.63. The second kappa shape index (κ2) is 6.85. The summed E-state index contributed by atoms with van der Waals surface area (Å²) in [5.41, 5.74) is 2.26. The molecular weight excluding hydrogens is 292 g/mol. The van der Waals surface area contributed by atoms with Crippen LogP contribution >= 0.6 is 0 Å². The van der Waals surface area contributed by atoms with Gasteiger partial charge in [0, 0.05) is 0 Å². The number of hydrogen-bond donors (Lipinski definition) is 0. The van der Waals surface area contributed by atoms with Gasteiger partial charge < -0.3 is 0 Å². The lowest BCUT2D eigenvalue weighted by Gasteiger charge is -2.47. The zero-order valence-electron chi connectivity index (χ0n) is 16.8. The summed E-state index contributed by atoms with van der Waals surface area (Å²) in [4.78, 5) is 0. The van der Waals surface area contributed by atoms with E-state index in [1.807, 2.05) is 0 Å². The van der Waals surface area contributed by atoms with Gasteiger partial charge in [-0.3, -0.25) is 0 Å². The van der Waals surface area contributed by atoms with Crippen LogP contribution in [0.15, 0.2) is 0 Å². The van der Waals surface area contributed by atoms with Gasteiger partial charge in [0.15, 0.2) is 0 Å². The van der Waals surface area contributed by atoms with Crippen LogP contribution < -0.4 is 0 Å². The molecule has 0 amide bonds. The molecule has 3 saturated carbocycles. The van der Waals surface area contributed by atoms with Gasteiger partial charge in [0.2, 0.25) is 0 Å². The second-order valence-corrected chi connectivity index (χ2v) is 15.0. The molecular formula is C22H42Si. The number of hydrogen-bond acceptors (Lipinski definition) is 0. The Labute approximate surface area is 147 Å². The van der Waals surface area contributed by atoms with Crippen molar-refractivity contribution in [1.29, 1.82) is 0 Å². The Morgan fingerprint density at radius 1 is 0.783 bits per heavy atom. The van der Waals surface area contributed by atoms with E-state index in [1.54, 1.807) is 31.7 Å². The molecule has 23 heavy (non-hydrogen) atoms. The van der Waals surface area contributed by atoms with Crippen molar-refractivity contribution in [3.05, 3.63) is 0 Å². The minimum atomic E-state index is -1.20. The van der Waals surface area contributed by atoms with Crippen LogP contribution in [0.1, 0.15) is 79.6 Å². The third-order valence-electron chi connectivity index (χ3n) is 9.35. The quantitative estimate of drug-likeness (QED) is 0.471. The van der Waals surface area contributed by atoms with Crippen LogP contribution in [0.2, 0.25) is 23.7 Å². The molecule has 134 valence electrons. The van der Waals surface area contributed by atoms with Crippen molar-refractivity contribution in [3.63, 3.8) is 0 Å². The molecule has 0 N–H and O–H groups in total. The molecule has 0 nitrogen and oxygen atoms in total. The fourth-order valence-electron chi connectivity index (χ4n) is 7.98. The van der Waals surface area contributed by atoms with Crippen molar-refractivity contribution in [2.24, 2.45) is 35.5 Å². The van der Waals surface area contributed by atoms with E-state index in [-0.39, 0.29) is 0 Å². The minimum Gasteiger partial charge on any atom is -0.0687 e. The predicted octanol–water partition coefficient (Wildman–Crippen LogP) is 7.37. The van der Waals surface area contributed by atoms with Gasteiger partial charge in [-0.25, -0.2) is 0 Å². The van der Waals surface area contributed by atoms with Gasteiger partial charge in [0.05, 0.1) is 8.07 Å². The number of fused-ring (bicyclic) bond motifs is 1. The van der Waals surface area contributed by atoms with Crippen LogP contribution in [-0.2, 0) is 0 Å². The molecule has 0 aromatic rings. The van der Waals surface area contributed by atoms with Gasteiger partial charge in [0.1, 0.15) is 0 Å². The van der Waals surface area contributed by atoms with E-state index in [1.165, 1.54) is 24.8 Å². The fourth-order valence-corrected chi connectivity index (χ4v) is 15.5. The third-order valence-corrected chi connectivity index (χ3v) is 15.9. The summed E-state index contributed by atoms with van der Waals surface area (Å²) in [5, 5.41) is 0. The monoisotopic (exact) mass is 334 g/mol. The molecule has 3 aliphatic rings. The molecule has 0 radical (unpaired) electrons. The lowest BCUT2D eigenvalue weighted by atomic mass is 9.82. The maximum absolute atomic E-state index is 2.88. The fraction of sp³-hybridized carbons (Fsp3) is 1.00. The number of rotatable bonds is 4. The minimum absolute atomic E-state index is 0.947. The Morgan fingerprint density at radius 3 is 2.00 bits per heavy atom. The van der Waals surface area contributed by atoms with Crippen molar-refractivity contribution in [2.75, 3.05) is 0 Å². The van der Waals surface area contributed by atoms with Crippen LogP contribution in [0, 0.1) is 35.5 Å². The summed E-state index contributed by atoms with van der Waals surface area (Å²) < 4.78 is 0. The highest BCUT2D eigenvalue weighted by molar-refractivity contribution is 6.81. The highest BCUT2D eigenvalue weighted by atomic mass is 28.3. The average molecular weight is 335 g/mol. The largest absolute Gasteiger partial charge is 0.0687 e. The van der Waals surface area contributed by atoms with Gasteiger partial charge >= 0.3 is 0 Å². The van der Waals surface area contributed by atoms with Crippen molar-refractivity contribution in [3.8, 4) is 0 Å². The van der Waals surface area contributed by atoms with E-state index < -0.39 is 8.07 Å². The first-order valence-corrected chi connectivity index (χ1v) is 13.8. The van der Waals surface area contributed by atoms with Gasteiger partial charge in [-0.2, -0.15) is 0 Å². The third kappa shape index (κ3) is 2.87. The Morgan fingerprint density at radius 2 is 1.39 bits per heavy atom. The predicted molar refractivity (Wildman–Crippen MR) is 106 cm³/mol.